The van der Waals surface area contributed by atoms with Crippen LogP contribution in [0.15, 0.2) is 0 Å². The van der Waals surface area contributed by atoms with E-state index in [0.717, 1.165) is 0 Å². The molecule has 0 spiro atoms. The Morgan fingerprint density at radius 2 is 2.00 bits per heavy atom. The Balaban J connectivity index is 0.00000225. The quantitative estimate of drug-likeness (QED) is 0.746. The molecule has 1 N–H and O–H groups in total. The van der Waals surface area contributed by atoms with Crippen molar-refractivity contribution in [3.05, 3.63) is 0 Å². The summed E-state index contributed by atoms with van der Waals surface area (Å²) in [6.07, 6.45) is 0. The molecule has 0 bridgehead atoms. The van der Waals surface area contributed by atoms with Gasteiger partial charge in [0.05, 0.1) is 17.5 Å². The predicted molar refractivity (Wildman–Crippen MR) is 65.6 cm³/mol. The van der Waals surface area contributed by atoms with Gasteiger partial charge in [0.15, 0.2) is 9.84 Å². The van der Waals surface area contributed by atoms with Gasteiger partial charge in [-0.2, -0.15) is 0 Å². The van der Waals surface area contributed by atoms with Crippen molar-refractivity contribution in [3.63, 3.8) is 0 Å². The number of nitrogens with zero attached hydrogens (tertiary/aromatic N) is 1. The van der Waals surface area contributed by atoms with Gasteiger partial charge in [-0.25, -0.2) is 8.42 Å². The molecule has 1 fully saturated rings. The maximum Gasteiger partial charge on any atom is 0.236 e. The third-order valence-electron chi connectivity index (χ3n) is 3.00. The molecule has 0 radical (unpaired) electrons. The number of carbonyl (C=O) groups excluding carboxylic acids is 1. The van der Waals surface area contributed by atoms with Gasteiger partial charge in [-0.15, -0.1) is 12.4 Å². The molecule has 0 aromatic heterocycles. The number of sulfone groups is 1. The van der Waals surface area contributed by atoms with Crippen LogP contribution in [0.5, 0.6) is 0 Å². The Bertz CT molecular complexity index is 345. The molecular weight excluding hydrogens is 252 g/mol. The van der Waals surface area contributed by atoms with E-state index in [9.17, 15) is 13.2 Å². The zero-order valence-electron chi connectivity index (χ0n) is 9.76. The highest BCUT2D eigenvalue weighted by Gasteiger charge is 2.37. The Labute approximate surface area is 103 Å². The topological polar surface area (TPSA) is 66.5 Å². The fourth-order valence-electron chi connectivity index (χ4n) is 1.77. The average Bonchev–Trinajstić information content (AvgIpc) is 2.15. The first kappa shape index (κ1) is 15.7. The number of hydrogen-bond donors (Lipinski definition) is 1. The standard InChI is InChI=1S/C9H18N2O3S.ClH/c1-7-8(2)15(13,14)5-4-11(7)9(12)6-10-3;/h7-8,10H,4-6H2,1-3H3;1H. The lowest BCUT2D eigenvalue weighted by Gasteiger charge is -2.37. The molecule has 96 valence electrons. The van der Waals surface area contributed by atoms with E-state index in [1.54, 1.807) is 25.8 Å². The molecule has 1 rings (SSSR count). The minimum atomic E-state index is -3.01. The van der Waals surface area contributed by atoms with Crippen molar-refractivity contribution in [2.45, 2.75) is 25.1 Å². The van der Waals surface area contributed by atoms with Gasteiger partial charge in [-0.1, -0.05) is 0 Å². The summed E-state index contributed by atoms with van der Waals surface area (Å²) in [6.45, 7) is 4.03. The van der Waals surface area contributed by atoms with Crippen LogP contribution in [0.25, 0.3) is 0 Å². The van der Waals surface area contributed by atoms with Crippen molar-refractivity contribution < 1.29 is 13.2 Å². The average molecular weight is 271 g/mol. The van der Waals surface area contributed by atoms with Gasteiger partial charge in [-0.05, 0) is 20.9 Å². The van der Waals surface area contributed by atoms with E-state index in [1.165, 1.54) is 0 Å². The number of rotatable bonds is 2. The normalized spacial score (nSPS) is 28.3. The molecule has 0 aromatic carbocycles. The molecular formula is C9H19ClN2O3S. The highest BCUT2D eigenvalue weighted by Crippen LogP contribution is 2.18. The van der Waals surface area contributed by atoms with E-state index in [-0.39, 0.29) is 36.7 Å². The summed E-state index contributed by atoms with van der Waals surface area (Å²) in [7, 11) is -1.31. The zero-order chi connectivity index (χ0) is 11.6. The molecule has 2 unspecified atom stereocenters. The summed E-state index contributed by atoms with van der Waals surface area (Å²) in [5.41, 5.74) is 0. The Hall–Kier alpha value is -0.330. The molecule has 1 amide bonds. The lowest BCUT2D eigenvalue weighted by atomic mass is 10.2. The summed E-state index contributed by atoms with van der Waals surface area (Å²) < 4.78 is 23.1. The first-order valence-corrected chi connectivity index (χ1v) is 6.77. The zero-order valence-corrected chi connectivity index (χ0v) is 11.4. The van der Waals surface area contributed by atoms with E-state index in [4.69, 9.17) is 0 Å². The maximum absolute atomic E-state index is 11.6. The first-order valence-electron chi connectivity index (χ1n) is 5.06. The molecule has 16 heavy (non-hydrogen) atoms. The van der Waals surface area contributed by atoms with Crippen LogP contribution < -0.4 is 5.32 Å². The molecule has 1 saturated heterocycles. The fourth-order valence-corrected chi connectivity index (χ4v) is 3.34. The number of amides is 1. The van der Waals surface area contributed by atoms with Crippen molar-refractivity contribution in [3.8, 4) is 0 Å². The monoisotopic (exact) mass is 270 g/mol. The molecule has 0 aromatic rings. The lowest BCUT2D eigenvalue weighted by molar-refractivity contribution is -0.132. The van der Waals surface area contributed by atoms with Gasteiger partial charge in [-0.3, -0.25) is 4.79 Å². The fraction of sp³-hybridized carbons (Fsp3) is 0.889. The van der Waals surface area contributed by atoms with Gasteiger partial charge in [0.1, 0.15) is 0 Å². The number of carbonyl (C=O) groups is 1. The summed E-state index contributed by atoms with van der Waals surface area (Å²) in [4.78, 5) is 13.3. The first-order chi connectivity index (χ1) is 6.90. The summed E-state index contributed by atoms with van der Waals surface area (Å²) in [5.74, 6) is 0.0419. The van der Waals surface area contributed by atoms with E-state index in [2.05, 4.69) is 5.32 Å². The third kappa shape index (κ3) is 3.09. The Morgan fingerprint density at radius 1 is 1.44 bits per heavy atom. The molecule has 0 aliphatic carbocycles. The second-order valence-corrected chi connectivity index (χ2v) is 6.41. The molecule has 1 heterocycles. The smallest absolute Gasteiger partial charge is 0.236 e. The van der Waals surface area contributed by atoms with Gasteiger partial charge in [0.25, 0.3) is 0 Å². The predicted octanol–water partition coefficient (Wildman–Crippen LogP) is -0.338. The molecule has 1 aliphatic heterocycles. The minimum absolute atomic E-state index is 0. The van der Waals surface area contributed by atoms with E-state index in [1.807, 2.05) is 0 Å². The second kappa shape index (κ2) is 5.84. The highest BCUT2D eigenvalue weighted by atomic mass is 35.5. The highest BCUT2D eigenvalue weighted by molar-refractivity contribution is 7.92. The van der Waals surface area contributed by atoms with E-state index < -0.39 is 15.1 Å². The number of likely N-dealkylation sites (N-methyl/N-ethyl adjacent to an activating group) is 1. The molecule has 5 nitrogen and oxygen atoms in total. The Kier molecular flexibility index (Phi) is 5.72. The summed E-state index contributed by atoms with van der Waals surface area (Å²) in [5, 5.41) is 2.31. The van der Waals surface area contributed by atoms with Crippen LogP contribution in [0.4, 0.5) is 0 Å². The van der Waals surface area contributed by atoms with Crippen molar-refractivity contribution in [2.24, 2.45) is 0 Å². The number of nitrogens with one attached hydrogen (secondary N) is 1. The van der Waals surface area contributed by atoms with Crippen LogP contribution in [0, 0.1) is 0 Å². The molecule has 1 aliphatic rings. The van der Waals surface area contributed by atoms with Crippen molar-refractivity contribution in [2.75, 3.05) is 25.9 Å². The molecule has 0 saturated carbocycles. The van der Waals surface area contributed by atoms with Crippen LogP contribution in [0.2, 0.25) is 0 Å². The number of hydrogen-bond acceptors (Lipinski definition) is 4. The van der Waals surface area contributed by atoms with Crippen LogP contribution in [-0.2, 0) is 14.6 Å². The van der Waals surface area contributed by atoms with Gasteiger partial charge < -0.3 is 10.2 Å². The van der Waals surface area contributed by atoms with Crippen molar-refractivity contribution >= 4 is 28.2 Å². The van der Waals surface area contributed by atoms with Gasteiger partial charge in [0.2, 0.25) is 5.91 Å². The molecule has 7 heteroatoms. The van der Waals surface area contributed by atoms with Gasteiger partial charge >= 0.3 is 0 Å². The Morgan fingerprint density at radius 3 is 2.50 bits per heavy atom. The minimum Gasteiger partial charge on any atom is -0.337 e. The lowest BCUT2D eigenvalue weighted by Crippen LogP contribution is -2.55. The van der Waals surface area contributed by atoms with Crippen molar-refractivity contribution in [1.82, 2.24) is 10.2 Å². The maximum atomic E-state index is 11.6. The van der Waals surface area contributed by atoms with Gasteiger partial charge in [0, 0.05) is 12.6 Å². The summed E-state index contributed by atoms with van der Waals surface area (Å²) >= 11 is 0. The number of halogens is 1. The van der Waals surface area contributed by atoms with Crippen LogP contribution >= 0.6 is 12.4 Å². The van der Waals surface area contributed by atoms with Crippen molar-refractivity contribution in [1.29, 1.82) is 0 Å². The molecule has 2 atom stereocenters. The van der Waals surface area contributed by atoms with E-state index in [0.29, 0.717) is 6.54 Å². The third-order valence-corrected chi connectivity index (χ3v) is 5.28. The van der Waals surface area contributed by atoms with Crippen LogP contribution in [0.1, 0.15) is 13.8 Å². The largest absolute Gasteiger partial charge is 0.337 e. The summed E-state index contributed by atoms with van der Waals surface area (Å²) in [6, 6.07) is -0.232. The second-order valence-electron chi connectivity index (χ2n) is 3.93. The van der Waals surface area contributed by atoms with Crippen LogP contribution in [0.3, 0.4) is 0 Å². The SMILES string of the molecule is CNCC(=O)N1CCS(=O)(=O)C(C)C1C.Cl. The van der Waals surface area contributed by atoms with Crippen LogP contribution in [-0.4, -0.2) is 56.4 Å². The van der Waals surface area contributed by atoms with E-state index >= 15 is 0 Å².